The smallest absolute Gasteiger partial charge is 0.254 e. The average molecular weight is 475 g/mol. The second kappa shape index (κ2) is 12.0. The zero-order valence-corrected chi connectivity index (χ0v) is 20.8. The van der Waals surface area contributed by atoms with Crippen LogP contribution in [0.25, 0.3) is 0 Å². The van der Waals surface area contributed by atoms with Gasteiger partial charge in [0.15, 0.2) is 0 Å². The van der Waals surface area contributed by atoms with E-state index in [1.807, 2.05) is 58.8 Å². The van der Waals surface area contributed by atoms with Gasteiger partial charge in [-0.1, -0.05) is 61.9 Å². The van der Waals surface area contributed by atoms with Crippen molar-refractivity contribution in [2.24, 2.45) is 5.92 Å². The maximum Gasteiger partial charge on any atom is 0.254 e. The van der Waals surface area contributed by atoms with Gasteiger partial charge in [-0.25, -0.2) is 0 Å². The zero-order chi connectivity index (χ0) is 23.8. The Hall–Kier alpha value is -2.92. The molecule has 4 rings (SSSR count). The van der Waals surface area contributed by atoms with Crippen LogP contribution in [0, 0.1) is 5.92 Å². The molecule has 1 aromatic heterocycles. The van der Waals surface area contributed by atoms with E-state index in [2.05, 4.69) is 25.1 Å². The van der Waals surface area contributed by atoms with Crippen molar-refractivity contribution in [3.8, 4) is 0 Å². The Morgan fingerprint density at radius 3 is 2.29 bits per heavy atom. The lowest BCUT2D eigenvalue weighted by Gasteiger charge is -2.28. The Morgan fingerprint density at radius 1 is 0.882 bits per heavy atom. The van der Waals surface area contributed by atoms with Gasteiger partial charge in [0.2, 0.25) is 5.91 Å². The van der Waals surface area contributed by atoms with E-state index in [4.69, 9.17) is 0 Å². The van der Waals surface area contributed by atoms with Crippen LogP contribution in [0.1, 0.15) is 59.0 Å². The number of carbonyl (C=O) groups is 2. The van der Waals surface area contributed by atoms with Gasteiger partial charge in [-0.05, 0) is 66.3 Å². The molecule has 0 radical (unpaired) electrons. The predicted molar refractivity (Wildman–Crippen MR) is 139 cm³/mol. The minimum atomic E-state index is -0.0434. The molecule has 3 aromatic rings. The molecular formula is C29H34N2O2S. The molecule has 0 atom stereocenters. The molecule has 4 nitrogen and oxygen atoms in total. The van der Waals surface area contributed by atoms with Gasteiger partial charge in [0.1, 0.15) is 6.54 Å². The molecule has 2 aromatic carbocycles. The van der Waals surface area contributed by atoms with Crippen molar-refractivity contribution < 1.29 is 9.59 Å². The average Bonchev–Trinajstić information content (AvgIpc) is 3.54. The van der Waals surface area contributed by atoms with Gasteiger partial charge in [-0.2, -0.15) is 0 Å². The van der Waals surface area contributed by atoms with E-state index in [1.54, 1.807) is 16.2 Å². The van der Waals surface area contributed by atoms with E-state index in [1.165, 1.54) is 5.56 Å². The van der Waals surface area contributed by atoms with E-state index in [-0.39, 0.29) is 18.4 Å². The third-order valence-corrected chi connectivity index (χ3v) is 7.17. The van der Waals surface area contributed by atoms with Crippen molar-refractivity contribution >= 4 is 23.2 Å². The van der Waals surface area contributed by atoms with Crippen LogP contribution in [-0.2, 0) is 24.3 Å². The molecule has 1 heterocycles. The van der Waals surface area contributed by atoms with Crippen molar-refractivity contribution in [3.05, 3.63) is 93.7 Å². The topological polar surface area (TPSA) is 40.6 Å². The number of hydrogen-bond acceptors (Lipinski definition) is 3. The first-order valence-corrected chi connectivity index (χ1v) is 13.2. The summed E-state index contributed by atoms with van der Waals surface area (Å²) in [6.45, 7) is 4.05. The molecule has 34 heavy (non-hydrogen) atoms. The number of hydrogen-bond donors (Lipinski definition) is 0. The number of thiophene rings is 1. The molecule has 0 bridgehead atoms. The van der Waals surface area contributed by atoms with Crippen LogP contribution in [0.3, 0.4) is 0 Å². The van der Waals surface area contributed by atoms with Crippen LogP contribution in [-0.4, -0.2) is 34.7 Å². The fourth-order valence-corrected chi connectivity index (χ4v) is 4.82. The van der Waals surface area contributed by atoms with Gasteiger partial charge in [-0.15, -0.1) is 11.3 Å². The summed E-state index contributed by atoms with van der Waals surface area (Å²) in [6, 6.07) is 22.1. The van der Waals surface area contributed by atoms with E-state index in [9.17, 15) is 9.59 Å². The minimum absolute atomic E-state index is 0.00850. The summed E-state index contributed by atoms with van der Waals surface area (Å²) in [5.41, 5.74) is 3.02. The number of benzene rings is 2. The number of nitrogens with zero attached hydrogens (tertiary/aromatic N) is 2. The molecule has 1 saturated carbocycles. The maximum atomic E-state index is 13.5. The van der Waals surface area contributed by atoms with Crippen LogP contribution in [0.5, 0.6) is 0 Å². The first-order chi connectivity index (χ1) is 16.6. The van der Waals surface area contributed by atoms with Gasteiger partial charge in [-0.3, -0.25) is 9.59 Å². The highest BCUT2D eigenvalue weighted by Crippen LogP contribution is 2.30. The van der Waals surface area contributed by atoms with E-state index in [0.717, 1.165) is 42.5 Å². The van der Waals surface area contributed by atoms with E-state index in [0.29, 0.717) is 31.1 Å². The molecule has 1 aliphatic carbocycles. The third kappa shape index (κ3) is 7.04. The maximum absolute atomic E-state index is 13.5. The standard InChI is InChI=1S/C29H34N2O2S/c1-2-3-8-23-14-16-26(17-15-23)29(33)31(20-25-12-13-25)22-28(32)30(21-27-11-7-18-34-27)19-24-9-5-4-6-10-24/h4-7,9-11,14-18,25H,2-3,8,12-13,19-22H2,1H3. The Kier molecular flexibility index (Phi) is 8.53. The number of unbranched alkanes of at least 4 members (excludes halogenated alkanes) is 1. The number of rotatable bonds is 12. The normalized spacial score (nSPS) is 13.0. The molecule has 0 aliphatic heterocycles. The summed E-state index contributed by atoms with van der Waals surface area (Å²) < 4.78 is 0. The van der Waals surface area contributed by atoms with E-state index < -0.39 is 0 Å². The second-order valence-electron chi connectivity index (χ2n) is 9.24. The van der Waals surface area contributed by atoms with Gasteiger partial charge < -0.3 is 9.80 Å². The fourth-order valence-electron chi connectivity index (χ4n) is 4.10. The van der Waals surface area contributed by atoms with Crippen LogP contribution >= 0.6 is 11.3 Å². The molecule has 5 heteroatoms. The summed E-state index contributed by atoms with van der Waals surface area (Å²) in [5.74, 6) is 0.462. The van der Waals surface area contributed by atoms with Crippen LogP contribution in [0.15, 0.2) is 72.1 Å². The fraction of sp³-hybridized carbons (Fsp3) is 0.379. The number of aryl methyl sites for hydroxylation is 1. The minimum Gasteiger partial charge on any atom is -0.332 e. The third-order valence-electron chi connectivity index (χ3n) is 6.30. The van der Waals surface area contributed by atoms with E-state index >= 15 is 0 Å². The Labute approximate surface area is 207 Å². The van der Waals surface area contributed by atoms with Crippen LogP contribution in [0.2, 0.25) is 0 Å². The first-order valence-electron chi connectivity index (χ1n) is 12.3. The summed E-state index contributed by atoms with van der Waals surface area (Å²) in [5, 5.41) is 2.04. The van der Waals surface area contributed by atoms with Gasteiger partial charge in [0.05, 0.1) is 6.54 Å². The Morgan fingerprint density at radius 2 is 1.65 bits per heavy atom. The summed E-state index contributed by atoms with van der Waals surface area (Å²) in [6.07, 6.45) is 5.61. The van der Waals surface area contributed by atoms with Gasteiger partial charge in [0.25, 0.3) is 5.91 Å². The van der Waals surface area contributed by atoms with Gasteiger partial charge in [0, 0.05) is 23.5 Å². The highest BCUT2D eigenvalue weighted by atomic mass is 32.1. The first kappa shape index (κ1) is 24.2. The zero-order valence-electron chi connectivity index (χ0n) is 20.0. The molecule has 1 aliphatic rings. The highest BCUT2D eigenvalue weighted by Gasteiger charge is 2.30. The van der Waals surface area contributed by atoms with Crippen molar-refractivity contribution in [2.45, 2.75) is 52.1 Å². The molecular weight excluding hydrogens is 440 g/mol. The summed E-state index contributed by atoms with van der Waals surface area (Å²) in [7, 11) is 0. The Balaban J connectivity index is 1.48. The lowest BCUT2D eigenvalue weighted by atomic mass is 10.1. The van der Waals surface area contributed by atoms with Crippen molar-refractivity contribution in [1.82, 2.24) is 9.80 Å². The molecule has 0 N–H and O–H groups in total. The Bertz CT molecular complexity index is 1040. The van der Waals surface area contributed by atoms with Crippen LogP contribution in [0.4, 0.5) is 0 Å². The molecule has 0 spiro atoms. The second-order valence-corrected chi connectivity index (χ2v) is 10.3. The number of carbonyl (C=O) groups excluding carboxylic acids is 2. The lowest BCUT2D eigenvalue weighted by molar-refractivity contribution is -0.133. The highest BCUT2D eigenvalue weighted by molar-refractivity contribution is 7.09. The quantitative estimate of drug-likeness (QED) is 0.315. The van der Waals surface area contributed by atoms with Crippen molar-refractivity contribution in [1.29, 1.82) is 0 Å². The van der Waals surface area contributed by atoms with Crippen molar-refractivity contribution in [3.63, 3.8) is 0 Å². The van der Waals surface area contributed by atoms with Gasteiger partial charge >= 0.3 is 0 Å². The molecule has 0 saturated heterocycles. The number of amides is 2. The molecule has 178 valence electrons. The van der Waals surface area contributed by atoms with Crippen LogP contribution < -0.4 is 0 Å². The molecule has 0 unspecified atom stereocenters. The molecule has 1 fully saturated rings. The van der Waals surface area contributed by atoms with Crippen molar-refractivity contribution in [2.75, 3.05) is 13.1 Å². The monoisotopic (exact) mass is 474 g/mol. The SMILES string of the molecule is CCCCc1ccc(C(=O)N(CC(=O)N(Cc2ccccc2)Cc2cccs2)CC2CC2)cc1. The summed E-state index contributed by atoms with van der Waals surface area (Å²) >= 11 is 1.65. The summed E-state index contributed by atoms with van der Waals surface area (Å²) in [4.78, 5) is 31.7. The predicted octanol–water partition coefficient (Wildman–Crippen LogP) is 6.17. The largest absolute Gasteiger partial charge is 0.332 e. The molecule has 2 amide bonds. The lowest BCUT2D eigenvalue weighted by Crippen LogP contribution is -2.43.